The minimum absolute atomic E-state index is 0. The van der Waals surface area contributed by atoms with Gasteiger partial charge in [0.05, 0.1) is 0 Å². The predicted octanol–water partition coefficient (Wildman–Crippen LogP) is 4.50. The van der Waals surface area contributed by atoms with E-state index >= 15 is 0 Å². The van der Waals surface area contributed by atoms with Crippen LogP contribution in [0.1, 0.15) is 0 Å². The fourth-order valence-electron chi connectivity index (χ4n) is 4.25. The molecule has 0 saturated carbocycles. The monoisotopic (exact) mass is 441 g/mol. The van der Waals surface area contributed by atoms with Crippen molar-refractivity contribution < 1.29 is 18.9 Å². The van der Waals surface area contributed by atoms with Gasteiger partial charge in [-0.1, -0.05) is 89.3 Å². The fourth-order valence-corrected chi connectivity index (χ4v) is 4.25. The Morgan fingerprint density at radius 3 is 1.63 bits per heavy atom. The first-order valence-corrected chi connectivity index (χ1v) is 11.2. The Kier molecular flexibility index (Phi) is 6.54. The van der Waals surface area contributed by atoms with Gasteiger partial charge in [0.15, 0.2) is 0 Å². The predicted molar refractivity (Wildman–Crippen MR) is 138 cm³/mol. The average Bonchev–Trinajstić information content (AvgIpc) is 2.94. The van der Waals surface area contributed by atoms with E-state index < -0.39 is 0 Å². The summed E-state index contributed by atoms with van der Waals surface area (Å²) in [6.45, 7) is 0. The Balaban J connectivity index is 0.00000253. The topological polar surface area (TPSA) is 38.7 Å². The molecule has 0 N–H and O–H groups in total. The van der Waals surface area contributed by atoms with E-state index in [1.807, 2.05) is 36.8 Å². The molecule has 0 unspecified atom stereocenters. The molecule has 160 valence electrons. The van der Waals surface area contributed by atoms with Crippen molar-refractivity contribution in [2.45, 2.75) is 0 Å². The Labute approximate surface area is 216 Å². The first kappa shape index (κ1) is 22.7. The molecule has 0 spiro atoms. The van der Waals surface area contributed by atoms with Crippen LogP contribution in [0.4, 0.5) is 0 Å². The van der Waals surface area contributed by atoms with Crippen molar-refractivity contribution in [3.63, 3.8) is 0 Å². The van der Waals surface area contributed by atoms with E-state index in [2.05, 4.69) is 93.8 Å². The molecule has 3 nitrogen and oxygen atoms in total. The van der Waals surface area contributed by atoms with Gasteiger partial charge in [0, 0.05) is 31.0 Å². The number of aromatic nitrogens is 3. The molecule has 3 heterocycles. The van der Waals surface area contributed by atoms with E-state index in [1.165, 1.54) is 0 Å². The smallest absolute Gasteiger partial charge is 0.276 e. The van der Waals surface area contributed by atoms with Crippen molar-refractivity contribution in [1.82, 2.24) is 15.0 Å². The van der Waals surface area contributed by atoms with Crippen molar-refractivity contribution in [1.29, 1.82) is 0 Å². The first-order chi connectivity index (χ1) is 16.8. The number of pyridine rings is 3. The van der Waals surface area contributed by atoms with Gasteiger partial charge < -0.3 is 0 Å². The van der Waals surface area contributed by atoms with Crippen molar-refractivity contribution in [3.8, 4) is 44.5 Å². The van der Waals surface area contributed by atoms with Gasteiger partial charge in [0.2, 0.25) is 0 Å². The molecule has 0 saturated heterocycles. The van der Waals surface area contributed by atoms with Gasteiger partial charge in [-0.05, 0) is 45.5 Å². The van der Waals surface area contributed by atoms with Gasteiger partial charge in [0.25, 0.3) is 0 Å². The summed E-state index contributed by atoms with van der Waals surface area (Å²) in [4.78, 5) is 13.1. The summed E-state index contributed by atoms with van der Waals surface area (Å²) in [6.07, 6.45) is 9.18. The van der Waals surface area contributed by atoms with Gasteiger partial charge in [-0.3, -0.25) is 15.0 Å². The van der Waals surface area contributed by atoms with Crippen LogP contribution in [-0.4, -0.2) is 15.0 Å². The standard InChI is InChI=1S/C31H20N3.Li/c1-4-26(20-32-15-1)22-7-9-24(10-8-22)28-18-30(29-6-3-17-34-31(29)19-28)25-13-11-23(12-14-25)27-5-2-16-33-21-27;/h1-18,20-21H;/q-1;+1. The molecular weight excluding hydrogens is 421 g/mol. The minimum atomic E-state index is 0. The molecule has 0 bridgehead atoms. The van der Waals surface area contributed by atoms with E-state index in [0.29, 0.717) is 0 Å². The molecule has 0 atom stereocenters. The third-order valence-corrected chi connectivity index (χ3v) is 6.02. The Morgan fingerprint density at radius 1 is 0.514 bits per heavy atom. The zero-order valence-corrected chi connectivity index (χ0v) is 19.4. The molecule has 3 aromatic carbocycles. The second-order valence-corrected chi connectivity index (χ2v) is 8.13. The molecule has 3 aromatic heterocycles. The second kappa shape index (κ2) is 10.1. The summed E-state index contributed by atoms with van der Waals surface area (Å²) in [7, 11) is 0. The maximum absolute atomic E-state index is 4.61. The second-order valence-electron chi connectivity index (χ2n) is 8.13. The number of hydrogen-bond acceptors (Lipinski definition) is 3. The minimum Gasteiger partial charge on any atom is -0.276 e. The van der Waals surface area contributed by atoms with Crippen LogP contribution in [0, 0.1) is 6.07 Å². The normalized spacial score (nSPS) is 10.6. The first-order valence-electron chi connectivity index (χ1n) is 11.2. The van der Waals surface area contributed by atoms with Crippen LogP contribution in [0.5, 0.6) is 0 Å². The zero-order valence-electron chi connectivity index (χ0n) is 19.4. The summed E-state index contributed by atoms with van der Waals surface area (Å²) in [5.41, 5.74) is 9.78. The quantitative estimate of drug-likeness (QED) is 0.299. The van der Waals surface area contributed by atoms with Crippen LogP contribution < -0.4 is 18.9 Å². The van der Waals surface area contributed by atoms with E-state index in [1.54, 1.807) is 12.4 Å². The molecule has 0 amide bonds. The molecule has 0 fully saturated rings. The van der Waals surface area contributed by atoms with Gasteiger partial charge in [-0.15, -0.1) is 17.7 Å². The van der Waals surface area contributed by atoms with E-state index in [9.17, 15) is 0 Å². The molecule has 0 aliphatic rings. The molecular formula is C31H20LiN3. The Morgan fingerprint density at radius 2 is 1.06 bits per heavy atom. The van der Waals surface area contributed by atoms with Crippen molar-refractivity contribution >= 4 is 10.9 Å². The zero-order chi connectivity index (χ0) is 22.7. The maximum atomic E-state index is 4.61. The van der Waals surface area contributed by atoms with Crippen LogP contribution in [0.2, 0.25) is 0 Å². The number of fused-ring (bicyclic) bond motifs is 1. The molecule has 0 aliphatic carbocycles. The number of nitrogens with zero attached hydrogens (tertiary/aromatic N) is 3. The molecule has 6 rings (SSSR count). The summed E-state index contributed by atoms with van der Waals surface area (Å²) in [5, 5.41) is 1.09. The Bertz CT molecular complexity index is 1560. The number of hydrogen-bond donors (Lipinski definition) is 0. The van der Waals surface area contributed by atoms with Gasteiger partial charge in [-0.25, -0.2) is 0 Å². The molecule has 0 aliphatic heterocycles. The number of rotatable bonds is 4. The third kappa shape index (κ3) is 4.65. The van der Waals surface area contributed by atoms with Crippen LogP contribution >= 0.6 is 0 Å². The van der Waals surface area contributed by atoms with Crippen molar-refractivity contribution in [3.05, 3.63) is 128 Å². The van der Waals surface area contributed by atoms with Crippen LogP contribution in [0.15, 0.2) is 122 Å². The van der Waals surface area contributed by atoms with Crippen molar-refractivity contribution in [2.75, 3.05) is 0 Å². The van der Waals surface area contributed by atoms with Crippen molar-refractivity contribution in [2.24, 2.45) is 0 Å². The van der Waals surface area contributed by atoms with Gasteiger partial charge in [-0.2, -0.15) is 0 Å². The SMILES string of the molecule is [Li+].[c-]1c(-c2ccc(-c3cccnc3)cc2)cc(-c2ccc(-c3cccnc3)cc2)c2cccnc12. The maximum Gasteiger partial charge on any atom is 1.00 e. The molecule has 0 radical (unpaired) electrons. The number of benzene rings is 3. The summed E-state index contributed by atoms with van der Waals surface area (Å²) in [6, 6.07) is 35.0. The van der Waals surface area contributed by atoms with E-state index in [4.69, 9.17) is 0 Å². The van der Waals surface area contributed by atoms with Crippen LogP contribution in [0.3, 0.4) is 0 Å². The average molecular weight is 441 g/mol. The van der Waals surface area contributed by atoms with Crippen LogP contribution in [0.25, 0.3) is 55.4 Å². The summed E-state index contributed by atoms with van der Waals surface area (Å²) in [5.74, 6) is 0. The Hall–Kier alpha value is -4.03. The van der Waals surface area contributed by atoms with Gasteiger partial charge in [0.1, 0.15) is 0 Å². The fraction of sp³-hybridized carbons (Fsp3) is 0. The van der Waals surface area contributed by atoms with E-state index in [0.717, 1.165) is 55.4 Å². The summed E-state index contributed by atoms with van der Waals surface area (Å²) < 4.78 is 0. The molecule has 4 heteroatoms. The molecule has 6 aromatic rings. The van der Waals surface area contributed by atoms with Gasteiger partial charge >= 0.3 is 18.9 Å². The largest absolute Gasteiger partial charge is 1.00 e. The summed E-state index contributed by atoms with van der Waals surface area (Å²) >= 11 is 0. The molecule has 35 heavy (non-hydrogen) atoms. The van der Waals surface area contributed by atoms with Crippen LogP contribution in [-0.2, 0) is 0 Å². The van der Waals surface area contributed by atoms with E-state index in [-0.39, 0.29) is 18.9 Å². The third-order valence-electron chi connectivity index (χ3n) is 6.02.